The lowest BCUT2D eigenvalue weighted by Gasteiger charge is -2.31. The molecule has 1 spiro atoms. The molecule has 3 aliphatic rings. The van der Waals surface area contributed by atoms with Gasteiger partial charge in [0.2, 0.25) is 11.1 Å². The SMILES string of the molecule is O=C(CSc1n[nH]c(CC2CCCC2)n1)Nc1ccc2c(c1)OC1(CCCCC1)O2. The largest absolute Gasteiger partial charge is 0.448 e. The van der Waals surface area contributed by atoms with Crippen LogP contribution in [0.4, 0.5) is 5.69 Å². The van der Waals surface area contributed by atoms with Gasteiger partial charge in [-0.05, 0) is 30.9 Å². The molecule has 2 fully saturated rings. The summed E-state index contributed by atoms with van der Waals surface area (Å²) in [6.07, 6.45) is 11.5. The van der Waals surface area contributed by atoms with Gasteiger partial charge in [-0.15, -0.1) is 5.10 Å². The summed E-state index contributed by atoms with van der Waals surface area (Å²) in [5.74, 6) is 2.80. The van der Waals surface area contributed by atoms with Crippen LogP contribution in [0.2, 0.25) is 0 Å². The Morgan fingerprint density at radius 2 is 1.93 bits per heavy atom. The van der Waals surface area contributed by atoms with Crippen LogP contribution >= 0.6 is 11.8 Å². The molecule has 7 nitrogen and oxygen atoms in total. The van der Waals surface area contributed by atoms with Gasteiger partial charge in [-0.2, -0.15) is 0 Å². The number of hydrogen-bond donors (Lipinski definition) is 2. The summed E-state index contributed by atoms with van der Waals surface area (Å²) >= 11 is 1.35. The average molecular weight is 429 g/mol. The smallest absolute Gasteiger partial charge is 0.251 e. The minimum atomic E-state index is -0.499. The number of benzene rings is 1. The van der Waals surface area contributed by atoms with Crippen LogP contribution in [0.5, 0.6) is 11.5 Å². The van der Waals surface area contributed by atoms with E-state index in [0.717, 1.165) is 49.6 Å². The lowest BCUT2D eigenvalue weighted by atomic mass is 9.94. The average Bonchev–Trinajstić information content (AvgIpc) is 3.48. The van der Waals surface area contributed by atoms with Crippen molar-refractivity contribution in [1.29, 1.82) is 0 Å². The molecule has 0 bridgehead atoms. The summed E-state index contributed by atoms with van der Waals surface area (Å²) in [7, 11) is 0. The van der Waals surface area contributed by atoms with Gasteiger partial charge in [0.15, 0.2) is 11.5 Å². The zero-order chi connectivity index (χ0) is 20.4. The number of thioether (sulfide) groups is 1. The van der Waals surface area contributed by atoms with Crippen molar-refractivity contribution in [1.82, 2.24) is 15.2 Å². The van der Waals surface area contributed by atoms with Gasteiger partial charge in [-0.1, -0.05) is 43.9 Å². The number of aromatic amines is 1. The van der Waals surface area contributed by atoms with Crippen molar-refractivity contribution in [3.8, 4) is 11.5 Å². The van der Waals surface area contributed by atoms with Gasteiger partial charge in [0.05, 0.1) is 5.75 Å². The molecule has 2 N–H and O–H groups in total. The quantitative estimate of drug-likeness (QED) is 0.648. The lowest BCUT2D eigenvalue weighted by Crippen LogP contribution is -2.40. The number of amides is 1. The number of nitrogens with zero attached hydrogens (tertiary/aromatic N) is 2. The maximum atomic E-state index is 12.4. The van der Waals surface area contributed by atoms with Crippen molar-refractivity contribution in [2.75, 3.05) is 11.1 Å². The van der Waals surface area contributed by atoms with E-state index in [1.807, 2.05) is 18.2 Å². The van der Waals surface area contributed by atoms with Gasteiger partial charge in [-0.25, -0.2) is 4.98 Å². The molecule has 160 valence electrons. The first-order chi connectivity index (χ1) is 14.7. The van der Waals surface area contributed by atoms with Crippen LogP contribution < -0.4 is 14.8 Å². The Bertz CT molecular complexity index is 904. The molecule has 0 atom stereocenters. The minimum Gasteiger partial charge on any atom is -0.448 e. The van der Waals surface area contributed by atoms with Gasteiger partial charge in [0, 0.05) is 31.0 Å². The van der Waals surface area contributed by atoms with Crippen LogP contribution in [-0.4, -0.2) is 32.6 Å². The van der Waals surface area contributed by atoms with Crippen LogP contribution in [-0.2, 0) is 11.2 Å². The highest BCUT2D eigenvalue weighted by molar-refractivity contribution is 7.99. The standard InChI is InChI=1S/C22H28N4O3S/c27-20(14-30-21-24-19(25-26-21)12-15-6-2-3-7-15)23-16-8-9-17-18(13-16)29-22(28-17)10-4-1-5-11-22/h8-9,13,15H,1-7,10-12,14H2,(H,23,27)(H,24,25,26). The molecule has 2 saturated carbocycles. The fourth-order valence-corrected chi connectivity index (χ4v) is 5.33. The molecule has 0 radical (unpaired) electrons. The third-order valence-electron chi connectivity index (χ3n) is 6.24. The summed E-state index contributed by atoms with van der Waals surface area (Å²) in [4.78, 5) is 16.9. The van der Waals surface area contributed by atoms with Crippen LogP contribution in [0, 0.1) is 5.92 Å². The van der Waals surface area contributed by atoms with Gasteiger partial charge >= 0.3 is 0 Å². The molecular weight excluding hydrogens is 400 g/mol. The van der Waals surface area contributed by atoms with Crippen molar-refractivity contribution >= 4 is 23.4 Å². The first kappa shape index (κ1) is 19.7. The Kier molecular flexibility index (Phi) is 5.58. The third-order valence-corrected chi connectivity index (χ3v) is 7.08. The van der Waals surface area contributed by atoms with Crippen molar-refractivity contribution < 1.29 is 14.3 Å². The van der Waals surface area contributed by atoms with Crippen molar-refractivity contribution in [3.63, 3.8) is 0 Å². The van der Waals surface area contributed by atoms with Crippen LogP contribution in [0.25, 0.3) is 0 Å². The maximum absolute atomic E-state index is 12.4. The molecule has 1 aromatic heterocycles. The van der Waals surface area contributed by atoms with E-state index >= 15 is 0 Å². The van der Waals surface area contributed by atoms with E-state index in [9.17, 15) is 4.79 Å². The first-order valence-corrected chi connectivity index (χ1v) is 12.0. The topological polar surface area (TPSA) is 89.1 Å². The number of hydrogen-bond acceptors (Lipinski definition) is 6. The number of anilines is 1. The second kappa shape index (κ2) is 8.49. The third kappa shape index (κ3) is 4.43. The van der Waals surface area contributed by atoms with Crippen LogP contribution in [0.1, 0.15) is 63.6 Å². The van der Waals surface area contributed by atoms with E-state index < -0.39 is 5.79 Å². The second-order valence-electron chi connectivity index (χ2n) is 8.59. The number of fused-ring (bicyclic) bond motifs is 1. The van der Waals surface area contributed by atoms with Gasteiger partial charge < -0.3 is 14.8 Å². The first-order valence-electron chi connectivity index (χ1n) is 11.0. The molecule has 2 aliphatic carbocycles. The minimum absolute atomic E-state index is 0.0895. The lowest BCUT2D eigenvalue weighted by molar-refractivity contribution is -0.113. The Balaban J connectivity index is 1.12. The predicted molar refractivity (Wildman–Crippen MR) is 115 cm³/mol. The monoisotopic (exact) mass is 428 g/mol. The predicted octanol–water partition coefficient (Wildman–Crippen LogP) is 4.70. The number of aromatic nitrogens is 3. The van der Waals surface area contributed by atoms with E-state index in [4.69, 9.17) is 9.47 Å². The Labute approximate surface area is 180 Å². The van der Waals surface area contributed by atoms with Gasteiger partial charge in [0.25, 0.3) is 5.79 Å². The Hall–Kier alpha value is -2.22. The zero-order valence-electron chi connectivity index (χ0n) is 17.1. The molecule has 5 rings (SSSR count). The highest BCUT2D eigenvalue weighted by Crippen LogP contribution is 2.46. The molecular formula is C22H28N4O3S. The van der Waals surface area contributed by atoms with E-state index in [-0.39, 0.29) is 11.7 Å². The Morgan fingerprint density at radius 1 is 1.13 bits per heavy atom. The summed E-state index contributed by atoms with van der Waals surface area (Å²) in [5.41, 5.74) is 0.715. The number of carbonyl (C=O) groups excluding carboxylic acids is 1. The number of nitrogens with one attached hydrogen (secondary N) is 2. The van der Waals surface area contributed by atoms with Crippen LogP contribution in [0.15, 0.2) is 23.4 Å². The van der Waals surface area contributed by atoms with E-state index in [0.29, 0.717) is 16.6 Å². The fourth-order valence-electron chi connectivity index (χ4n) is 4.71. The highest BCUT2D eigenvalue weighted by Gasteiger charge is 2.42. The second-order valence-corrected chi connectivity index (χ2v) is 9.54. The number of rotatable bonds is 6. The number of carbonyl (C=O) groups is 1. The van der Waals surface area contributed by atoms with Gasteiger partial charge in [0.1, 0.15) is 5.82 Å². The molecule has 2 aromatic rings. The Morgan fingerprint density at radius 3 is 2.77 bits per heavy atom. The van der Waals surface area contributed by atoms with Crippen molar-refractivity contribution in [3.05, 3.63) is 24.0 Å². The summed E-state index contributed by atoms with van der Waals surface area (Å²) < 4.78 is 12.2. The summed E-state index contributed by atoms with van der Waals surface area (Å²) in [6.45, 7) is 0. The number of H-pyrrole nitrogens is 1. The van der Waals surface area contributed by atoms with E-state index in [1.165, 1.54) is 43.9 Å². The van der Waals surface area contributed by atoms with E-state index in [2.05, 4.69) is 20.5 Å². The van der Waals surface area contributed by atoms with E-state index in [1.54, 1.807) is 0 Å². The summed E-state index contributed by atoms with van der Waals surface area (Å²) in [5, 5.41) is 10.8. The molecule has 1 aliphatic heterocycles. The highest BCUT2D eigenvalue weighted by atomic mass is 32.2. The van der Waals surface area contributed by atoms with Gasteiger partial charge in [-0.3, -0.25) is 9.89 Å². The molecule has 2 heterocycles. The molecule has 30 heavy (non-hydrogen) atoms. The molecule has 1 amide bonds. The fraction of sp³-hybridized carbons (Fsp3) is 0.591. The molecule has 0 saturated heterocycles. The van der Waals surface area contributed by atoms with Crippen molar-refractivity contribution in [2.45, 2.75) is 75.2 Å². The molecule has 1 aromatic carbocycles. The molecule has 0 unspecified atom stereocenters. The van der Waals surface area contributed by atoms with Crippen LogP contribution in [0.3, 0.4) is 0 Å². The summed E-state index contributed by atoms with van der Waals surface area (Å²) in [6, 6.07) is 5.60. The zero-order valence-corrected chi connectivity index (χ0v) is 17.9. The molecule has 8 heteroatoms. The van der Waals surface area contributed by atoms with Crippen molar-refractivity contribution in [2.24, 2.45) is 5.92 Å². The maximum Gasteiger partial charge on any atom is 0.251 e. The number of ether oxygens (including phenoxy) is 2. The normalized spacial score (nSPS) is 20.0.